The van der Waals surface area contributed by atoms with Crippen LogP contribution in [0.3, 0.4) is 0 Å². The molecule has 2 aliphatic rings. The minimum atomic E-state index is -0.780. The fourth-order valence-electron chi connectivity index (χ4n) is 5.17. The quantitative estimate of drug-likeness (QED) is 0.470. The van der Waals surface area contributed by atoms with E-state index in [9.17, 15) is 14.4 Å². The molecule has 5 rings (SSSR count). The lowest BCUT2D eigenvalue weighted by Gasteiger charge is -2.33. The third kappa shape index (κ3) is 5.88. The number of hydrogen-bond donors (Lipinski definition) is 1. The van der Waals surface area contributed by atoms with Crippen LogP contribution in [0, 0.1) is 6.92 Å². The monoisotopic (exact) mass is 511 g/mol. The molecule has 0 aliphatic carbocycles. The summed E-state index contributed by atoms with van der Waals surface area (Å²) in [6.45, 7) is 3.67. The van der Waals surface area contributed by atoms with Gasteiger partial charge in [0.25, 0.3) is 0 Å². The molecule has 7 heteroatoms. The lowest BCUT2D eigenvalue weighted by molar-refractivity contribution is -0.137. The van der Waals surface area contributed by atoms with Crippen LogP contribution in [0.5, 0.6) is 0 Å². The first-order chi connectivity index (χ1) is 18.5. The second kappa shape index (κ2) is 11.5. The number of cyclic esters (lactones) is 1. The van der Waals surface area contributed by atoms with Crippen LogP contribution in [-0.4, -0.2) is 46.8 Å². The first kappa shape index (κ1) is 25.5. The Kier molecular flexibility index (Phi) is 7.73. The maximum atomic E-state index is 13.8. The van der Waals surface area contributed by atoms with E-state index in [0.29, 0.717) is 24.3 Å². The van der Waals surface area contributed by atoms with Gasteiger partial charge in [0.05, 0.1) is 13.0 Å². The maximum Gasteiger partial charge on any atom is 0.411 e. The summed E-state index contributed by atoms with van der Waals surface area (Å²) in [6, 6.07) is 24.0. The van der Waals surface area contributed by atoms with E-state index in [-0.39, 0.29) is 24.8 Å². The number of amides is 3. The summed E-state index contributed by atoms with van der Waals surface area (Å²) in [7, 11) is 0. The number of carbonyl (C=O) groups is 3. The van der Waals surface area contributed by atoms with Crippen molar-refractivity contribution in [3.63, 3.8) is 0 Å². The summed E-state index contributed by atoms with van der Waals surface area (Å²) in [5, 5.41) is 2.94. The van der Waals surface area contributed by atoms with Gasteiger partial charge in [-0.05, 0) is 55.0 Å². The minimum Gasteiger partial charge on any atom is -0.438 e. The van der Waals surface area contributed by atoms with E-state index in [4.69, 9.17) is 4.74 Å². The fourth-order valence-corrected chi connectivity index (χ4v) is 5.17. The Hall–Kier alpha value is -4.13. The summed E-state index contributed by atoms with van der Waals surface area (Å²) in [5.41, 5.74) is 4.26. The molecule has 2 aliphatic heterocycles. The van der Waals surface area contributed by atoms with Crippen LogP contribution >= 0.6 is 0 Å². The predicted molar refractivity (Wildman–Crippen MR) is 145 cm³/mol. The van der Waals surface area contributed by atoms with Gasteiger partial charge in [-0.2, -0.15) is 0 Å². The van der Waals surface area contributed by atoms with Gasteiger partial charge in [-0.15, -0.1) is 0 Å². The van der Waals surface area contributed by atoms with E-state index < -0.39 is 18.2 Å². The van der Waals surface area contributed by atoms with Gasteiger partial charge in [0, 0.05) is 18.8 Å². The summed E-state index contributed by atoms with van der Waals surface area (Å²) >= 11 is 0. The number of aryl methyl sites for hydroxylation is 1. The zero-order chi connectivity index (χ0) is 26.5. The summed E-state index contributed by atoms with van der Waals surface area (Å²) in [6.07, 6.45) is 1.99. The number of rotatable bonds is 7. The first-order valence-electron chi connectivity index (χ1n) is 13.2. The summed E-state index contributed by atoms with van der Waals surface area (Å²) < 4.78 is 5.86. The average molecular weight is 512 g/mol. The van der Waals surface area contributed by atoms with Gasteiger partial charge >= 0.3 is 6.09 Å². The van der Waals surface area contributed by atoms with Gasteiger partial charge in [0.2, 0.25) is 11.8 Å². The third-order valence-corrected chi connectivity index (χ3v) is 7.19. The van der Waals surface area contributed by atoms with Crippen LogP contribution in [0.15, 0.2) is 78.9 Å². The number of carbonyl (C=O) groups excluding carboxylic acids is 3. The number of nitrogens with zero attached hydrogens (tertiary/aromatic N) is 2. The molecule has 3 aromatic carbocycles. The Morgan fingerprint density at radius 2 is 1.63 bits per heavy atom. The number of ether oxygens (including phenoxy) is 1. The minimum absolute atomic E-state index is 0.0915. The number of benzene rings is 3. The second-order valence-electron chi connectivity index (χ2n) is 10.1. The molecule has 0 aromatic heterocycles. The molecule has 1 N–H and O–H groups in total. The molecule has 196 valence electrons. The van der Waals surface area contributed by atoms with Gasteiger partial charge in [0.1, 0.15) is 0 Å². The topological polar surface area (TPSA) is 79.0 Å². The van der Waals surface area contributed by atoms with Crippen LogP contribution in [0.1, 0.15) is 47.6 Å². The van der Waals surface area contributed by atoms with Gasteiger partial charge in [-0.25, -0.2) is 4.79 Å². The van der Waals surface area contributed by atoms with Crippen molar-refractivity contribution in [1.29, 1.82) is 0 Å². The van der Waals surface area contributed by atoms with Crippen molar-refractivity contribution >= 4 is 23.6 Å². The normalized spacial score (nSPS) is 19.2. The highest BCUT2D eigenvalue weighted by molar-refractivity contribution is 5.92. The zero-order valence-electron chi connectivity index (χ0n) is 21.6. The number of anilines is 1. The van der Waals surface area contributed by atoms with Crippen LogP contribution in [0.4, 0.5) is 10.5 Å². The highest BCUT2D eigenvalue weighted by Crippen LogP contribution is 2.36. The average Bonchev–Trinajstić information content (AvgIpc) is 3.26. The molecular weight excluding hydrogens is 478 g/mol. The van der Waals surface area contributed by atoms with Crippen molar-refractivity contribution in [2.24, 2.45) is 0 Å². The van der Waals surface area contributed by atoms with E-state index in [2.05, 4.69) is 5.32 Å². The molecule has 0 saturated carbocycles. The van der Waals surface area contributed by atoms with E-state index in [1.165, 1.54) is 0 Å². The lowest BCUT2D eigenvalue weighted by atomic mass is 9.98. The Balaban J connectivity index is 1.39. The standard InChI is InChI=1S/C31H33N3O4/c1-22-13-15-24(16-14-22)21-34-28(30(36)33-17-6-3-7-18-33)29(38-31(34)37)25-11-8-12-26(20-25)32-27(35)19-23-9-4-2-5-10-23/h2,4-5,8-16,20,28-29H,3,6-7,17-19,21H2,1H3,(H,32,35). The highest BCUT2D eigenvalue weighted by atomic mass is 16.6. The summed E-state index contributed by atoms with van der Waals surface area (Å²) in [4.78, 5) is 43.1. The van der Waals surface area contributed by atoms with E-state index >= 15 is 0 Å². The largest absolute Gasteiger partial charge is 0.438 e. The molecule has 3 amide bonds. The number of hydrogen-bond acceptors (Lipinski definition) is 4. The van der Waals surface area contributed by atoms with E-state index in [0.717, 1.165) is 36.0 Å². The van der Waals surface area contributed by atoms with Crippen molar-refractivity contribution in [2.75, 3.05) is 18.4 Å². The third-order valence-electron chi connectivity index (χ3n) is 7.19. The van der Waals surface area contributed by atoms with Gasteiger partial charge < -0.3 is 15.0 Å². The number of nitrogens with one attached hydrogen (secondary N) is 1. The van der Waals surface area contributed by atoms with Gasteiger partial charge in [-0.3, -0.25) is 14.5 Å². The fraction of sp³-hybridized carbons (Fsp3) is 0.323. The smallest absolute Gasteiger partial charge is 0.411 e. The predicted octanol–water partition coefficient (Wildman–Crippen LogP) is 5.25. The molecule has 2 unspecified atom stereocenters. The SMILES string of the molecule is Cc1ccc(CN2C(=O)OC(c3cccc(NC(=O)Cc4ccccc4)c3)C2C(=O)N2CCCCC2)cc1. The molecule has 7 nitrogen and oxygen atoms in total. The van der Waals surface area contributed by atoms with Crippen molar-refractivity contribution < 1.29 is 19.1 Å². The molecule has 2 saturated heterocycles. The summed E-state index contributed by atoms with van der Waals surface area (Å²) in [5.74, 6) is -0.232. The number of piperidine rings is 1. The van der Waals surface area contributed by atoms with Crippen LogP contribution < -0.4 is 5.32 Å². The molecule has 0 bridgehead atoms. The first-order valence-corrected chi connectivity index (χ1v) is 13.2. The molecular formula is C31H33N3O4. The zero-order valence-corrected chi connectivity index (χ0v) is 21.6. The Morgan fingerprint density at radius 1 is 0.895 bits per heavy atom. The highest BCUT2D eigenvalue weighted by Gasteiger charge is 2.48. The molecule has 38 heavy (non-hydrogen) atoms. The molecule has 2 atom stereocenters. The molecule has 3 aromatic rings. The molecule has 2 heterocycles. The van der Waals surface area contributed by atoms with Crippen LogP contribution in [0.2, 0.25) is 0 Å². The molecule has 2 fully saturated rings. The Morgan fingerprint density at radius 3 is 2.37 bits per heavy atom. The van der Waals surface area contributed by atoms with Crippen molar-refractivity contribution in [3.8, 4) is 0 Å². The number of likely N-dealkylation sites (tertiary alicyclic amines) is 1. The second-order valence-corrected chi connectivity index (χ2v) is 10.1. The van der Waals surface area contributed by atoms with Crippen molar-refractivity contribution in [3.05, 3.63) is 101 Å². The van der Waals surface area contributed by atoms with Gasteiger partial charge in [-0.1, -0.05) is 72.3 Å². The Labute approximate surface area is 223 Å². The Bertz CT molecular complexity index is 1290. The van der Waals surface area contributed by atoms with Crippen molar-refractivity contribution in [1.82, 2.24) is 9.80 Å². The van der Waals surface area contributed by atoms with E-state index in [1.54, 1.807) is 17.0 Å². The molecule has 0 spiro atoms. The van der Waals surface area contributed by atoms with Crippen LogP contribution in [0.25, 0.3) is 0 Å². The maximum absolute atomic E-state index is 13.8. The van der Waals surface area contributed by atoms with Crippen molar-refractivity contribution in [2.45, 2.75) is 51.3 Å². The molecule has 0 radical (unpaired) electrons. The lowest BCUT2D eigenvalue weighted by Crippen LogP contribution is -2.49. The van der Waals surface area contributed by atoms with E-state index in [1.807, 2.05) is 78.6 Å². The van der Waals surface area contributed by atoms with Crippen LogP contribution in [-0.2, 0) is 27.3 Å². The van der Waals surface area contributed by atoms with Gasteiger partial charge in [0.15, 0.2) is 12.1 Å².